The third kappa shape index (κ3) is 4.19. The molecule has 2 aliphatic rings. The Balaban J connectivity index is 1.92. The summed E-state index contributed by atoms with van der Waals surface area (Å²) in [7, 11) is 4.51. The highest BCUT2D eigenvalue weighted by Crippen LogP contribution is 2.38. The maximum absolute atomic E-state index is 3.47. The summed E-state index contributed by atoms with van der Waals surface area (Å²) in [6, 6.07) is 0.847. The Labute approximate surface area is 120 Å². The second-order valence-corrected chi connectivity index (χ2v) is 7.43. The highest BCUT2D eigenvalue weighted by atomic mass is 15.1. The van der Waals surface area contributed by atoms with E-state index in [0.717, 1.165) is 12.0 Å². The van der Waals surface area contributed by atoms with Gasteiger partial charge in [-0.2, -0.15) is 0 Å². The maximum atomic E-state index is 3.47. The number of hydrogen-bond acceptors (Lipinski definition) is 2. The first-order valence-electron chi connectivity index (χ1n) is 8.50. The lowest BCUT2D eigenvalue weighted by Crippen LogP contribution is -2.47. The summed E-state index contributed by atoms with van der Waals surface area (Å²) in [6.45, 7) is 4.95. The van der Waals surface area contributed by atoms with Crippen molar-refractivity contribution >= 4 is 0 Å². The van der Waals surface area contributed by atoms with Crippen LogP contribution in [0.2, 0.25) is 0 Å². The second kappa shape index (κ2) is 7.08. The molecule has 1 N–H and O–H groups in total. The van der Waals surface area contributed by atoms with Crippen LogP contribution in [0.3, 0.4) is 0 Å². The summed E-state index contributed by atoms with van der Waals surface area (Å²) in [6.07, 6.45) is 12.9. The molecule has 0 aliphatic heterocycles. The fourth-order valence-corrected chi connectivity index (χ4v) is 4.53. The van der Waals surface area contributed by atoms with Gasteiger partial charge in [0.1, 0.15) is 0 Å². The van der Waals surface area contributed by atoms with E-state index in [-0.39, 0.29) is 0 Å². The fraction of sp³-hybridized carbons (Fsp3) is 1.00. The molecule has 0 saturated heterocycles. The molecule has 0 aromatic carbocycles. The van der Waals surface area contributed by atoms with Gasteiger partial charge in [0.05, 0.1) is 0 Å². The zero-order chi connectivity index (χ0) is 13.7. The van der Waals surface area contributed by atoms with Crippen molar-refractivity contribution in [1.82, 2.24) is 10.2 Å². The van der Waals surface area contributed by atoms with Crippen molar-refractivity contribution in [2.45, 2.75) is 70.8 Å². The third-order valence-corrected chi connectivity index (χ3v) is 5.58. The van der Waals surface area contributed by atoms with E-state index in [0.29, 0.717) is 5.41 Å². The summed E-state index contributed by atoms with van der Waals surface area (Å²) in [5.74, 6) is 0.938. The minimum Gasteiger partial charge on any atom is -0.319 e. The molecular formula is C17H34N2. The number of nitrogens with one attached hydrogen (secondary N) is 1. The first-order chi connectivity index (χ1) is 9.15. The van der Waals surface area contributed by atoms with Crippen LogP contribution in [0.1, 0.15) is 64.7 Å². The molecule has 2 aliphatic carbocycles. The van der Waals surface area contributed by atoms with E-state index in [9.17, 15) is 0 Å². The van der Waals surface area contributed by atoms with Gasteiger partial charge in [-0.25, -0.2) is 0 Å². The molecule has 19 heavy (non-hydrogen) atoms. The quantitative estimate of drug-likeness (QED) is 0.817. The molecule has 2 fully saturated rings. The summed E-state index contributed by atoms with van der Waals surface area (Å²) < 4.78 is 0. The molecule has 0 aromatic rings. The second-order valence-electron chi connectivity index (χ2n) is 7.43. The lowest BCUT2D eigenvalue weighted by atomic mass is 9.73. The van der Waals surface area contributed by atoms with Crippen LogP contribution in [0.4, 0.5) is 0 Å². The summed E-state index contributed by atoms with van der Waals surface area (Å²) >= 11 is 0. The van der Waals surface area contributed by atoms with Gasteiger partial charge in [0.25, 0.3) is 0 Å². The molecule has 2 saturated carbocycles. The van der Waals surface area contributed by atoms with Crippen LogP contribution >= 0.6 is 0 Å². The van der Waals surface area contributed by atoms with Crippen molar-refractivity contribution in [2.75, 3.05) is 27.2 Å². The Hall–Kier alpha value is -0.0800. The normalized spacial score (nSPS) is 31.6. The molecule has 0 heterocycles. The molecule has 2 atom stereocenters. The van der Waals surface area contributed by atoms with E-state index in [1.165, 1.54) is 70.9 Å². The van der Waals surface area contributed by atoms with Gasteiger partial charge in [0.15, 0.2) is 0 Å². The SMILES string of the molecule is CNCC1(CN(C)C2CCCC(C)C2)CCCCC1. The smallest absolute Gasteiger partial charge is 0.00949 e. The van der Waals surface area contributed by atoms with E-state index in [1.54, 1.807) is 0 Å². The number of hydrogen-bond donors (Lipinski definition) is 1. The largest absolute Gasteiger partial charge is 0.319 e. The molecule has 2 nitrogen and oxygen atoms in total. The fourth-order valence-electron chi connectivity index (χ4n) is 4.53. The van der Waals surface area contributed by atoms with E-state index in [4.69, 9.17) is 0 Å². The van der Waals surface area contributed by atoms with Crippen LogP contribution in [-0.2, 0) is 0 Å². The van der Waals surface area contributed by atoms with Crippen LogP contribution in [0, 0.1) is 11.3 Å². The first kappa shape index (κ1) is 15.3. The summed E-state index contributed by atoms with van der Waals surface area (Å²) in [5, 5.41) is 3.47. The minimum absolute atomic E-state index is 0.558. The number of rotatable bonds is 5. The lowest BCUT2D eigenvalue weighted by molar-refractivity contribution is 0.0731. The molecular weight excluding hydrogens is 232 g/mol. The van der Waals surface area contributed by atoms with Gasteiger partial charge in [-0.1, -0.05) is 39.0 Å². The van der Waals surface area contributed by atoms with Crippen LogP contribution in [-0.4, -0.2) is 38.1 Å². The van der Waals surface area contributed by atoms with Gasteiger partial charge in [0, 0.05) is 19.1 Å². The molecule has 112 valence electrons. The van der Waals surface area contributed by atoms with Gasteiger partial charge in [0.2, 0.25) is 0 Å². The van der Waals surface area contributed by atoms with Crippen molar-refractivity contribution in [3.8, 4) is 0 Å². The van der Waals surface area contributed by atoms with Crippen molar-refractivity contribution in [2.24, 2.45) is 11.3 Å². The van der Waals surface area contributed by atoms with E-state index >= 15 is 0 Å². The third-order valence-electron chi connectivity index (χ3n) is 5.58. The first-order valence-corrected chi connectivity index (χ1v) is 8.50. The van der Waals surface area contributed by atoms with E-state index in [1.807, 2.05) is 0 Å². The molecule has 2 unspecified atom stereocenters. The van der Waals surface area contributed by atoms with Crippen molar-refractivity contribution < 1.29 is 0 Å². The Bertz CT molecular complexity index is 252. The molecule has 0 spiro atoms. The highest BCUT2D eigenvalue weighted by molar-refractivity contribution is 4.89. The average Bonchev–Trinajstić information content (AvgIpc) is 2.40. The zero-order valence-corrected chi connectivity index (χ0v) is 13.4. The van der Waals surface area contributed by atoms with Gasteiger partial charge in [-0.05, 0) is 51.1 Å². The Morgan fingerprint density at radius 1 is 1.11 bits per heavy atom. The zero-order valence-electron chi connectivity index (χ0n) is 13.4. The van der Waals surface area contributed by atoms with Crippen LogP contribution < -0.4 is 5.32 Å². The van der Waals surface area contributed by atoms with Gasteiger partial charge in [-0.3, -0.25) is 0 Å². The van der Waals surface area contributed by atoms with Crippen LogP contribution in [0.25, 0.3) is 0 Å². The lowest BCUT2D eigenvalue weighted by Gasteiger charge is -2.44. The summed E-state index contributed by atoms with van der Waals surface area (Å²) in [4.78, 5) is 2.71. The number of nitrogens with zero attached hydrogens (tertiary/aromatic N) is 1. The predicted molar refractivity (Wildman–Crippen MR) is 83.5 cm³/mol. The van der Waals surface area contributed by atoms with Gasteiger partial charge < -0.3 is 10.2 Å². The topological polar surface area (TPSA) is 15.3 Å². The minimum atomic E-state index is 0.558. The average molecular weight is 266 g/mol. The van der Waals surface area contributed by atoms with Crippen molar-refractivity contribution in [1.29, 1.82) is 0 Å². The van der Waals surface area contributed by atoms with E-state index in [2.05, 4.69) is 31.2 Å². The van der Waals surface area contributed by atoms with Gasteiger partial charge in [-0.15, -0.1) is 0 Å². The molecule has 2 rings (SSSR count). The monoisotopic (exact) mass is 266 g/mol. The molecule has 0 aromatic heterocycles. The molecule has 0 radical (unpaired) electrons. The van der Waals surface area contributed by atoms with Crippen molar-refractivity contribution in [3.05, 3.63) is 0 Å². The van der Waals surface area contributed by atoms with Gasteiger partial charge >= 0.3 is 0 Å². The highest BCUT2D eigenvalue weighted by Gasteiger charge is 2.34. The van der Waals surface area contributed by atoms with E-state index < -0.39 is 0 Å². The maximum Gasteiger partial charge on any atom is 0.00949 e. The molecule has 2 heteroatoms. The van der Waals surface area contributed by atoms with Crippen molar-refractivity contribution in [3.63, 3.8) is 0 Å². The summed E-state index contributed by atoms with van der Waals surface area (Å²) in [5.41, 5.74) is 0.558. The Morgan fingerprint density at radius 2 is 1.84 bits per heavy atom. The van der Waals surface area contributed by atoms with Crippen LogP contribution in [0.5, 0.6) is 0 Å². The molecule has 0 amide bonds. The van der Waals surface area contributed by atoms with Crippen LogP contribution in [0.15, 0.2) is 0 Å². The Morgan fingerprint density at radius 3 is 2.47 bits per heavy atom. The molecule has 0 bridgehead atoms. The predicted octanol–water partition coefficient (Wildman–Crippen LogP) is 3.67. The standard InChI is InChI=1S/C17H34N2/c1-15-8-7-9-16(12-15)19(3)14-17(13-18-2)10-5-4-6-11-17/h15-16,18H,4-14H2,1-3H3. The Kier molecular flexibility index (Phi) is 5.70.